The second kappa shape index (κ2) is 43.5. The fraction of sp³-hybridized carbons (Fsp3) is 0.788. The molecule has 3 atom stereocenters. The van der Waals surface area contributed by atoms with Crippen LogP contribution < -0.4 is 5.32 Å². The Kier molecular flexibility index (Phi) is 42.2. The van der Waals surface area contributed by atoms with E-state index >= 15 is 0 Å². The quantitative estimate of drug-likeness (QED) is 0.0244. The Hall–Kier alpha value is -1.80. The average Bonchev–Trinajstić information content (AvgIpc) is 3.21. The van der Waals surface area contributed by atoms with Crippen molar-refractivity contribution in [3.8, 4) is 0 Å². The van der Waals surface area contributed by atoms with E-state index in [-0.39, 0.29) is 19.1 Å². The molecule has 0 fully saturated rings. The molecule has 0 aromatic carbocycles. The third kappa shape index (κ3) is 46.0. The number of hydrogen-bond donors (Lipinski definition) is 3. The first-order valence-corrected chi connectivity index (χ1v) is 26.7. The standard InChI is InChI=1S/C52H97N2O6P/c1-6-8-10-12-14-16-18-20-21-22-23-24-25-26-27-28-29-30-31-32-33-34-36-38-40-42-44-46-52(56)53-50(49-60-61(57,58)59-48-47-54(3,4)5)51(55)45-43-41-39-37-35-19-17-15-13-11-9-7-2/h8,10,14,16,20-21,23-24,43,45,50-51,55H,6-7,9,11-13,15,17-19,22,25-42,44,46-49H2,1-5H3,(H-,53,56,57,58)/p+1/b10-8-,16-14-,21-20-,24-23-,45-43+. The summed E-state index contributed by atoms with van der Waals surface area (Å²) in [7, 11) is 1.57. The lowest BCUT2D eigenvalue weighted by molar-refractivity contribution is -0.870. The Bertz CT molecular complexity index is 1180. The number of likely N-dealkylation sites (N-methyl/N-ethyl adjacent to an activating group) is 1. The lowest BCUT2D eigenvalue weighted by Gasteiger charge is -2.25. The number of carbonyl (C=O) groups excluding carboxylic acids is 1. The van der Waals surface area contributed by atoms with E-state index in [1.165, 1.54) is 128 Å². The zero-order chi connectivity index (χ0) is 45.0. The highest BCUT2D eigenvalue weighted by molar-refractivity contribution is 7.47. The van der Waals surface area contributed by atoms with Crippen molar-refractivity contribution >= 4 is 13.7 Å². The summed E-state index contributed by atoms with van der Waals surface area (Å²) in [5.74, 6) is -0.180. The van der Waals surface area contributed by atoms with Gasteiger partial charge < -0.3 is 19.8 Å². The number of carbonyl (C=O) groups is 1. The summed E-state index contributed by atoms with van der Waals surface area (Å²) in [6.45, 7) is 4.69. The molecule has 0 aliphatic carbocycles. The van der Waals surface area contributed by atoms with E-state index in [1.807, 2.05) is 27.2 Å². The maximum atomic E-state index is 12.9. The molecule has 0 spiro atoms. The number of nitrogens with zero attached hydrogens (tertiary/aromatic N) is 1. The number of unbranched alkanes of at least 4 members (excludes halogenated alkanes) is 24. The highest BCUT2D eigenvalue weighted by atomic mass is 31.2. The topological polar surface area (TPSA) is 105 Å². The first-order valence-electron chi connectivity index (χ1n) is 25.2. The number of aliphatic hydroxyl groups excluding tert-OH is 1. The minimum Gasteiger partial charge on any atom is -0.387 e. The largest absolute Gasteiger partial charge is 0.472 e. The van der Waals surface area contributed by atoms with E-state index in [9.17, 15) is 19.4 Å². The van der Waals surface area contributed by atoms with Crippen molar-refractivity contribution in [1.82, 2.24) is 5.32 Å². The molecule has 0 rings (SSSR count). The first kappa shape index (κ1) is 59.2. The highest BCUT2D eigenvalue weighted by Gasteiger charge is 2.27. The van der Waals surface area contributed by atoms with E-state index in [2.05, 4.69) is 67.8 Å². The molecule has 0 aliphatic heterocycles. The Morgan fingerprint density at radius 2 is 0.984 bits per heavy atom. The second-order valence-electron chi connectivity index (χ2n) is 18.2. The van der Waals surface area contributed by atoms with Crippen molar-refractivity contribution in [1.29, 1.82) is 0 Å². The van der Waals surface area contributed by atoms with Gasteiger partial charge in [-0.15, -0.1) is 0 Å². The minimum absolute atomic E-state index is 0.0601. The maximum Gasteiger partial charge on any atom is 0.472 e. The minimum atomic E-state index is -4.34. The normalized spacial score (nSPS) is 14.7. The Labute approximate surface area is 377 Å². The molecule has 9 heteroatoms. The van der Waals surface area contributed by atoms with Crippen LogP contribution in [0.15, 0.2) is 60.8 Å². The van der Waals surface area contributed by atoms with E-state index in [0.29, 0.717) is 17.4 Å². The van der Waals surface area contributed by atoms with Crippen molar-refractivity contribution in [2.75, 3.05) is 40.9 Å². The Morgan fingerprint density at radius 3 is 1.44 bits per heavy atom. The number of nitrogens with one attached hydrogen (secondary N) is 1. The van der Waals surface area contributed by atoms with Crippen molar-refractivity contribution in [3.63, 3.8) is 0 Å². The molecule has 0 heterocycles. The number of phosphoric acid groups is 1. The average molecular weight is 878 g/mol. The van der Waals surface area contributed by atoms with Crippen LogP contribution in [0.2, 0.25) is 0 Å². The third-order valence-electron chi connectivity index (χ3n) is 11.0. The molecule has 0 aromatic rings. The molecule has 0 aliphatic rings. The summed E-state index contributed by atoms with van der Waals surface area (Å²) in [4.78, 5) is 23.2. The number of phosphoric ester groups is 1. The van der Waals surface area contributed by atoms with Gasteiger partial charge in [0.15, 0.2) is 0 Å². The van der Waals surface area contributed by atoms with Gasteiger partial charge in [0.2, 0.25) is 5.91 Å². The van der Waals surface area contributed by atoms with Crippen LogP contribution in [0.5, 0.6) is 0 Å². The number of hydrogen-bond acceptors (Lipinski definition) is 5. The van der Waals surface area contributed by atoms with Crippen LogP contribution in [0, 0.1) is 0 Å². The lowest BCUT2D eigenvalue weighted by Crippen LogP contribution is -2.45. The van der Waals surface area contributed by atoms with Crippen LogP contribution in [0.1, 0.15) is 213 Å². The molecule has 0 saturated heterocycles. The maximum absolute atomic E-state index is 12.9. The molecule has 1 amide bonds. The number of rotatable bonds is 45. The molecule has 3 N–H and O–H groups in total. The van der Waals surface area contributed by atoms with E-state index < -0.39 is 20.0 Å². The molecule has 61 heavy (non-hydrogen) atoms. The van der Waals surface area contributed by atoms with Gasteiger partial charge in [-0.1, -0.05) is 209 Å². The highest BCUT2D eigenvalue weighted by Crippen LogP contribution is 2.43. The molecule has 0 aromatic heterocycles. The molecular formula is C52H98N2O6P+. The Balaban J connectivity index is 4.17. The van der Waals surface area contributed by atoms with Gasteiger partial charge in [0, 0.05) is 6.42 Å². The van der Waals surface area contributed by atoms with Crippen molar-refractivity contribution in [3.05, 3.63) is 60.8 Å². The van der Waals surface area contributed by atoms with Crippen LogP contribution in [-0.2, 0) is 18.4 Å². The molecule has 0 bridgehead atoms. The van der Waals surface area contributed by atoms with Gasteiger partial charge in [0.05, 0.1) is 39.9 Å². The van der Waals surface area contributed by atoms with Crippen molar-refractivity contribution in [2.45, 2.75) is 225 Å². The van der Waals surface area contributed by atoms with Crippen LogP contribution in [0.4, 0.5) is 0 Å². The smallest absolute Gasteiger partial charge is 0.387 e. The second-order valence-corrected chi connectivity index (χ2v) is 19.6. The number of quaternary nitrogens is 1. The summed E-state index contributed by atoms with van der Waals surface area (Å²) in [5, 5.41) is 13.8. The predicted octanol–water partition coefficient (Wildman–Crippen LogP) is 14.6. The van der Waals surface area contributed by atoms with E-state index in [0.717, 1.165) is 64.2 Å². The summed E-state index contributed by atoms with van der Waals surface area (Å²) >= 11 is 0. The number of allylic oxidation sites excluding steroid dienone is 9. The summed E-state index contributed by atoms with van der Waals surface area (Å²) in [6.07, 6.45) is 57.3. The summed E-state index contributed by atoms with van der Waals surface area (Å²) in [5.41, 5.74) is 0. The zero-order valence-corrected chi connectivity index (χ0v) is 41.3. The number of aliphatic hydroxyl groups is 1. The van der Waals surface area contributed by atoms with Crippen molar-refractivity contribution < 1.29 is 32.9 Å². The van der Waals surface area contributed by atoms with Gasteiger partial charge in [-0.3, -0.25) is 13.8 Å². The lowest BCUT2D eigenvalue weighted by atomic mass is 10.0. The zero-order valence-electron chi connectivity index (χ0n) is 40.4. The van der Waals surface area contributed by atoms with Gasteiger partial charge in [-0.25, -0.2) is 4.57 Å². The van der Waals surface area contributed by atoms with Crippen LogP contribution in [-0.4, -0.2) is 73.4 Å². The molecule has 0 radical (unpaired) electrons. The van der Waals surface area contributed by atoms with E-state index in [1.54, 1.807) is 6.08 Å². The van der Waals surface area contributed by atoms with Crippen LogP contribution >= 0.6 is 7.82 Å². The van der Waals surface area contributed by atoms with Crippen molar-refractivity contribution in [2.24, 2.45) is 0 Å². The molecule has 0 saturated carbocycles. The molecule has 356 valence electrons. The van der Waals surface area contributed by atoms with Crippen LogP contribution in [0.3, 0.4) is 0 Å². The fourth-order valence-electron chi connectivity index (χ4n) is 7.03. The fourth-order valence-corrected chi connectivity index (χ4v) is 7.77. The van der Waals surface area contributed by atoms with Gasteiger partial charge >= 0.3 is 7.82 Å². The molecule has 3 unspecified atom stereocenters. The first-order chi connectivity index (χ1) is 29.5. The van der Waals surface area contributed by atoms with Crippen LogP contribution in [0.25, 0.3) is 0 Å². The molecular weight excluding hydrogens is 780 g/mol. The predicted molar refractivity (Wildman–Crippen MR) is 263 cm³/mol. The monoisotopic (exact) mass is 878 g/mol. The van der Waals surface area contributed by atoms with Gasteiger partial charge in [0.25, 0.3) is 0 Å². The van der Waals surface area contributed by atoms with E-state index in [4.69, 9.17) is 9.05 Å². The SMILES string of the molecule is CC/C=C\C/C=C\C/C=C\C/C=C\CCCCCCCCCCCCCCCCC(=O)NC(COP(=O)(O)OCC[N+](C)(C)C)C(O)/C=C/CCCCCCCCCCCC. The van der Waals surface area contributed by atoms with Gasteiger partial charge in [-0.2, -0.15) is 0 Å². The molecule has 8 nitrogen and oxygen atoms in total. The van der Waals surface area contributed by atoms with Gasteiger partial charge in [0.1, 0.15) is 13.2 Å². The summed E-state index contributed by atoms with van der Waals surface area (Å²) in [6, 6.07) is -0.847. The Morgan fingerprint density at radius 1 is 0.574 bits per heavy atom. The van der Waals surface area contributed by atoms with Gasteiger partial charge in [-0.05, 0) is 57.8 Å². The number of amides is 1. The summed E-state index contributed by atoms with van der Waals surface area (Å²) < 4.78 is 23.6. The third-order valence-corrected chi connectivity index (χ3v) is 12.0.